The number of pyridine rings is 1. The van der Waals surface area contributed by atoms with Crippen LogP contribution in [0, 0.1) is 19.0 Å². The number of imidazole rings is 1. The van der Waals surface area contributed by atoms with Crippen LogP contribution >= 0.6 is 11.3 Å². The van der Waals surface area contributed by atoms with Gasteiger partial charge in [-0.15, -0.1) is 12.1 Å². The molecule has 4 nitrogen and oxygen atoms in total. The van der Waals surface area contributed by atoms with E-state index in [1.807, 2.05) is 85.1 Å². The van der Waals surface area contributed by atoms with E-state index < -0.39 is 20.1 Å². The summed E-state index contributed by atoms with van der Waals surface area (Å²) in [6.07, 6.45) is 2.04. The Morgan fingerprint density at radius 3 is 2.27 bits per heavy atom. The first kappa shape index (κ1) is 35.3. The predicted octanol–water partition coefficient (Wildman–Crippen LogP) is 13.8. The average Bonchev–Trinajstić information content (AvgIpc) is 3.98. The molecule has 11 rings (SSSR count). The van der Waals surface area contributed by atoms with Crippen LogP contribution in [-0.4, -0.2) is 27.8 Å². The summed E-state index contributed by atoms with van der Waals surface area (Å²) in [5.74, 6) is 7.92. The van der Waals surface area contributed by atoms with Crippen LogP contribution in [0.5, 0.6) is 0 Å². The van der Waals surface area contributed by atoms with E-state index >= 15 is 0 Å². The van der Waals surface area contributed by atoms with Crippen molar-refractivity contribution < 1.29 is 28.6 Å². The Kier molecular flexibility index (Phi) is 9.49. The molecule has 0 bridgehead atoms. The van der Waals surface area contributed by atoms with Crippen molar-refractivity contribution in [1.82, 2.24) is 14.5 Å². The van der Waals surface area contributed by atoms with Gasteiger partial charge in [-0.25, -0.2) is 0 Å². The third kappa shape index (κ3) is 7.15. The minimum Gasteiger partial charge on any atom is 0 e. The van der Waals surface area contributed by atoms with Crippen molar-refractivity contribution >= 4 is 82.1 Å². The van der Waals surface area contributed by atoms with E-state index in [-0.39, 0.29) is 20.1 Å². The van der Waals surface area contributed by atoms with Crippen molar-refractivity contribution in [1.29, 1.82) is 0 Å². The van der Waals surface area contributed by atoms with E-state index in [1.165, 1.54) is 4.40 Å². The van der Waals surface area contributed by atoms with Gasteiger partial charge in [0.05, 0.1) is 22.5 Å². The fourth-order valence-corrected chi connectivity index (χ4v) is 11.1. The topological polar surface area (TPSA) is 43.9 Å². The van der Waals surface area contributed by atoms with Gasteiger partial charge in [-0.3, -0.25) is 4.98 Å². The van der Waals surface area contributed by atoms with Crippen molar-refractivity contribution in [3.63, 3.8) is 0 Å². The van der Waals surface area contributed by atoms with Crippen molar-refractivity contribution in [2.45, 2.75) is 24.1 Å². The van der Waals surface area contributed by atoms with Crippen LogP contribution in [0.25, 0.3) is 92.6 Å². The van der Waals surface area contributed by atoms with Crippen molar-refractivity contribution in [3.8, 4) is 39.5 Å². The van der Waals surface area contributed by atoms with E-state index in [0.717, 1.165) is 92.6 Å². The second kappa shape index (κ2) is 15.9. The first-order valence-corrected chi connectivity index (χ1v) is 27.5. The molecule has 1 radical (unpaired) electrons. The van der Waals surface area contributed by atoms with E-state index in [2.05, 4.69) is 106 Å². The molecule has 7 aromatic carbocycles. The molecule has 0 spiro atoms. The maximum Gasteiger partial charge on any atom is 0 e. The molecule has 11 aromatic rings. The van der Waals surface area contributed by atoms with Crippen LogP contribution < -0.4 is 4.40 Å². The van der Waals surface area contributed by atoms with E-state index in [9.17, 15) is 0 Å². The van der Waals surface area contributed by atoms with E-state index in [0.29, 0.717) is 5.56 Å². The second-order valence-electron chi connectivity index (χ2n) is 15.4. The van der Waals surface area contributed by atoms with Crippen molar-refractivity contribution in [3.05, 3.63) is 182 Å². The monoisotopic (exact) mass is 1020 g/mol. The van der Waals surface area contributed by atoms with Gasteiger partial charge in [0.1, 0.15) is 5.58 Å². The zero-order valence-corrected chi connectivity index (χ0v) is 37.9. The maximum atomic E-state index is 7.82. The smallest absolute Gasteiger partial charge is 0 e. The summed E-state index contributed by atoms with van der Waals surface area (Å²) in [5, 5.41) is 4.38. The number of fused-ring (bicyclic) bond motifs is 7. The molecule has 59 heavy (non-hydrogen) atoms. The van der Waals surface area contributed by atoms with E-state index in [1.54, 1.807) is 23.5 Å². The maximum absolute atomic E-state index is 7.82. The van der Waals surface area contributed by atoms with Gasteiger partial charge in [-0.05, 0) is 47.3 Å². The van der Waals surface area contributed by atoms with Crippen molar-refractivity contribution in [2.75, 3.05) is 0 Å². The Bertz CT molecular complexity index is 3390. The molecule has 0 amide bonds. The van der Waals surface area contributed by atoms with Gasteiger partial charge in [0, 0.05) is 39.7 Å². The first-order chi connectivity index (χ1) is 29.5. The number of aryl methyl sites for hydroxylation is 1. The number of aromatic nitrogens is 3. The number of para-hydroxylation sites is 4. The minimum atomic E-state index is -2.15. The van der Waals surface area contributed by atoms with Gasteiger partial charge in [-0.2, -0.15) is 11.3 Å². The molecule has 4 aromatic heterocycles. The van der Waals surface area contributed by atoms with Crippen LogP contribution in [0.15, 0.2) is 168 Å². The summed E-state index contributed by atoms with van der Waals surface area (Å²) >= 11 is 0.00669. The summed E-state index contributed by atoms with van der Waals surface area (Å²) in [6, 6.07) is 59.3. The Balaban J connectivity index is 0.000000244. The standard InChI is InChI=1S/C38H23N2OS.C14H16GeN.Ir/c1-23-17-19-24(20-18-23)25-21-22-29(37-35(25)28-10-3-7-16-34(28)42-37)38-39-30-12-4-5-13-31(30)40(38)32-14-8-11-27-26-9-2-6-15-33(26)41-36(27)32;1-15(2,3)13-9-10-14(16-11-13)12-7-5-4-6-8-12;/h2-21H,1H3;4-7,9-11H,1-3H3;/q2*-1;/i1D3;;. The Morgan fingerprint density at radius 2 is 1.49 bits per heavy atom. The fourth-order valence-electron chi connectivity index (χ4n) is 7.71. The Labute approximate surface area is 368 Å². The molecule has 0 N–H and O–H groups in total. The molecule has 4 heterocycles. The third-order valence-corrected chi connectivity index (χ3v) is 16.1. The number of benzene rings is 7. The number of nitrogens with zero attached hydrogens (tertiary/aromatic N) is 3. The Morgan fingerprint density at radius 1 is 0.729 bits per heavy atom. The normalized spacial score (nSPS) is 12.6. The molecule has 289 valence electrons. The van der Waals surface area contributed by atoms with Crippen molar-refractivity contribution in [2.24, 2.45) is 0 Å². The molecule has 0 aliphatic heterocycles. The number of hydrogen-bond acceptors (Lipinski definition) is 4. The first-order valence-electron chi connectivity index (χ1n) is 20.8. The molecule has 7 heteroatoms. The summed E-state index contributed by atoms with van der Waals surface area (Å²) < 4.78 is 35.8. The zero-order valence-electron chi connectivity index (χ0n) is 35.6. The van der Waals surface area contributed by atoms with E-state index in [4.69, 9.17) is 13.5 Å². The van der Waals surface area contributed by atoms with Gasteiger partial charge in [0.15, 0.2) is 5.58 Å². The zero-order chi connectivity index (χ0) is 41.9. The molecular weight excluding hydrogens is 979 g/mol. The summed E-state index contributed by atoms with van der Waals surface area (Å²) in [4.78, 5) is 9.75. The average molecular weight is 1020 g/mol. The SMILES string of the molecule is [2H]C([2H])([2H])c1ccc(-c2c[c-]c(-c3nc4ccccc4n3-c3cccc4c3oc3ccccc34)c3sc4ccccc4c23)cc1.[CH3][Ge]([CH3])([CH3])[c]1ccc(-c2[c-]cccc2)nc1.[Ir]. The van der Waals surface area contributed by atoms with Gasteiger partial charge in [0.2, 0.25) is 0 Å². The summed E-state index contributed by atoms with van der Waals surface area (Å²) in [6.45, 7) is -2.15. The summed E-state index contributed by atoms with van der Waals surface area (Å²) in [5.41, 5.74) is 9.68. The molecule has 0 saturated carbocycles. The van der Waals surface area contributed by atoms with Gasteiger partial charge in [0.25, 0.3) is 0 Å². The number of furan rings is 1. The molecule has 0 atom stereocenters. The Hall–Kier alpha value is -5.63. The van der Waals surface area contributed by atoms with Crippen LogP contribution in [0.2, 0.25) is 17.3 Å². The quantitative estimate of drug-likeness (QED) is 0.127. The number of hydrogen-bond donors (Lipinski definition) is 0. The van der Waals surface area contributed by atoms with Crippen LogP contribution in [0.4, 0.5) is 0 Å². The molecule has 0 fully saturated rings. The minimum absolute atomic E-state index is 0. The molecule has 0 saturated heterocycles. The van der Waals surface area contributed by atoms with Gasteiger partial charge in [-0.1, -0.05) is 113 Å². The van der Waals surface area contributed by atoms with Crippen LogP contribution in [0.3, 0.4) is 0 Å². The molecule has 0 aliphatic carbocycles. The third-order valence-electron chi connectivity index (χ3n) is 10.7. The number of rotatable bonds is 5. The molecule has 0 unspecified atom stereocenters. The molecular formula is C52H39GeIrN3OS-2. The number of thiophene rings is 1. The van der Waals surface area contributed by atoms with Gasteiger partial charge >= 0.3 is 99.8 Å². The fraction of sp³-hybridized carbons (Fsp3) is 0.0769. The largest absolute Gasteiger partial charge is 0 e. The molecule has 0 aliphatic rings. The van der Waals surface area contributed by atoms with Gasteiger partial charge < -0.3 is 8.98 Å². The van der Waals surface area contributed by atoms with Crippen LogP contribution in [-0.2, 0) is 20.1 Å². The van der Waals surface area contributed by atoms with Crippen LogP contribution in [0.1, 0.15) is 9.68 Å². The second-order valence-corrected chi connectivity index (χ2v) is 27.1. The summed E-state index contributed by atoms with van der Waals surface area (Å²) in [7, 11) is 0. The predicted molar refractivity (Wildman–Crippen MR) is 247 cm³/mol.